The molecular weight excluding hydrogens is 234 g/mol. The van der Waals surface area contributed by atoms with Gasteiger partial charge in [-0.15, -0.1) is 0 Å². The van der Waals surface area contributed by atoms with E-state index in [0.29, 0.717) is 0 Å². The Morgan fingerprint density at radius 1 is 1.53 bits per heavy atom. The molecule has 1 aromatic rings. The normalized spacial score (nSPS) is 20.1. The van der Waals surface area contributed by atoms with E-state index >= 15 is 0 Å². The van der Waals surface area contributed by atoms with Gasteiger partial charge in [-0.25, -0.2) is 0 Å². The molecule has 2 rings (SSSR count). The van der Waals surface area contributed by atoms with Gasteiger partial charge in [0.2, 0.25) is 0 Å². The summed E-state index contributed by atoms with van der Waals surface area (Å²) in [7, 11) is 1.67. The van der Waals surface area contributed by atoms with Gasteiger partial charge >= 0.3 is 0 Å². The summed E-state index contributed by atoms with van der Waals surface area (Å²) in [5, 5.41) is 0. The quantitative estimate of drug-likeness (QED) is 0.752. The Bertz CT molecular complexity index is 408. The second-order valence-electron chi connectivity index (χ2n) is 4.10. The van der Waals surface area contributed by atoms with Gasteiger partial charge in [-0.2, -0.15) is 0 Å². The van der Waals surface area contributed by atoms with Crippen LogP contribution in [-0.4, -0.2) is 36.7 Å². The van der Waals surface area contributed by atoms with Crippen LogP contribution in [0.15, 0.2) is 24.3 Å². The number of hydrogen-bond acceptors (Lipinski definition) is 3. The zero-order valence-corrected chi connectivity index (χ0v) is 11.0. The Balaban J connectivity index is 2.13. The molecule has 1 saturated heterocycles. The summed E-state index contributed by atoms with van der Waals surface area (Å²) in [4.78, 5) is 3.12. The highest BCUT2D eigenvalue weighted by molar-refractivity contribution is 7.80. The van der Waals surface area contributed by atoms with Crippen LogP contribution in [0.3, 0.4) is 0 Å². The highest BCUT2D eigenvalue weighted by Crippen LogP contribution is 2.25. The fraction of sp³-hybridized carbons (Fsp3) is 0.462. The van der Waals surface area contributed by atoms with E-state index in [-0.39, 0.29) is 6.10 Å². The summed E-state index contributed by atoms with van der Waals surface area (Å²) in [6.07, 6.45) is 0.0803. The van der Waals surface area contributed by atoms with Crippen LogP contribution in [0.25, 0.3) is 0 Å². The maximum absolute atomic E-state index is 5.79. The highest BCUT2D eigenvalue weighted by atomic mass is 32.1. The third-order valence-electron chi connectivity index (χ3n) is 2.98. The maximum atomic E-state index is 5.79. The van der Waals surface area contributed by atoms with E-state index in [1.807, 2.05) is 25.1 Å². The van der Waals surface area contributed by atoms with Crippen LogP contribution in [-0.2, 0) is 4.74 Å². The maximum Gasteiger partial charge on any atom is 0.119 e. The van der Waals surface area contributed by atoms with E-state index < -0.39 is 0 Å². The Morgan fingerprint density at radius 3 is 3.06 bits per heavy atom. The van der Waals surface area contributed by atoms with Crippen LogP contribution >= 0.6 is 12.2 Å². The molecule has 1 aromatic carbocycles. The molecule has 92 valence electrons. The predicted octanol–water partition coefficient (Wildman–Crippen LogP) is 2.42. The average Bonchev–Trinajstić information content (AvgIpc) is 2.39. The van der Waals surface area contributed by atoms with Gasteiger partial charge in [0, 0.05) is 13.1 Å². The summed E-state index contributed by atoms with van der Waals surface area (Å²) >= 11 is 5.21. The van der Waals surface area contributed by atoms with Gasteiger partial charge < -0.3 is 14.4 Å². The van der Waals surface area contributed by atoms with Crippen LogP contribution in [0, 0.1) is 0 Å². The molecule has 0 spiro atoms. The largest absolute Gasteiger partial charge is 0.497 e. The fourth-order valence-corrected chi connectivity index (χ4v) is 2.14. The van der Waals surface area contributed by atoms with Crippen LogP contribution < -0.4 is 4.74 Å². The highest BCUT2D eigenvalue weighted by Gasteiger charge is 2.22. The van der Waals surface area contributed by atoms with Crippen molar-refractivity contribution in [3.63, 3.8) is 0 Å². The van der Waals surface area contributed by atoms with Crippen LogP contribution in [0.5, 0.6) is 5.75 Å². The van der Waals surface area contributed by atoms with Gasteiger partial charge in [-0.05, 0) is 24.6 Å². The summed E-state index contributed by atoms with van der Waals surface area (Å²) in [5.74, 6) is 0.863. The molecule has 1 unspecified atom stereocenters. The number of methoxy groups -OCH3 is 1. The summed E-state index contributed by atoms with van der Waals surface area (Å²) in [6.45, 7) is 4.39. The van der Waals surface area contributed by atoms with Gasteiger partial charge in [0.05, 0.1) is 18.7 Å². The van der Waals surface area contributed by atoms with Gasteiger partial charge in [0.25, 0.3) is 0 Å². The molecular formula is C13H17NO2S. The predicted molar refractivity (Wildman–Crippen MR) is 71.5 cm³/mol. The molecule has 0 N–H and O–H groups in total. The van der Waals surface area contributed by atoms with Crippen molar-refractivity contribution in [3.05, 3.63) is 29.8 Å². The van der Waals surface area contributed by atoms with Crippen molar-refractivity contribution in [2.45, 2.75) is 13.0 Å². The van der Waals surface area contributed by atoms with Crippen molar-refractivity contribution in [2.24, 2.45) is 0 Å². The summed E-state index contributed by atoms with van der Waals surface area (Å²) in [6, 6.07) is 8.01. The van der Waals surface area contributed by atoms with Crippen molar-refractivity contribution >= 4 is 17.2 Å². The molecule has 0 radical (unpaired) electrons. The first-order valence-electron chi connectivity index (χ1n) is 5.72. The number of morpholine rings is 1. The monoisotopic (exact) mass is 251 g/mol. The molecule has 0 aliphatic carbocycles. The molecule has 0 aromatic heterocycles. The summed E-state index contributed by atoms with van der Waals surface area (Å²) in [5.41, 5.74) is 1.14. The Kier molecular flexibility index (Phi) is 3.97. The number of nitrogens with zero attached hydrogens (tertiary/aromatic N) is 1. The van der Waals surface area contributed by atoms with E-state index in [0.717, 1.165) is 36.0 Å². The van der Waals surface area contributed by atoms with Gasteiger partial charge in [-0.3, -0.25) is 0 Å². The topological polar surface area (TPSA) is 21.7 Å². The second-order valence-corrected chi connectivity index (χ2v) is 4.69. The molecule has 1 heterocycles. The van der Waals surface area contributed by atoms with Crippen LogP contribution in [0.4, 0.5) is 0 Å². The third kappa shape index (κ3) is 2.96. The van der Waals surface area contributed by atoms with Gasteiger partial charge in [0.15, 0.2) is 0 Å². The minimum absolute atomic E-state index is 0.0803. The lowest BCUT2D eigenvalue weighted by atomic mass is 10.1. The number of hydrogen-bond donors (Lipinski definition) is 0. The van der Waals surface area contributed by atoms with E-state index in [2.05, 4.69) is 11.0 Å². The first kappa shape index (κ1) is 12.3. The Labute approximate surface area is 107 Å². The van der Waals surface area contributed by atoms with Crippen LogP contribution in [0.1, 0.15) is 18.6 Å². The molecule has 17 heavy (non-hydrogen) atoms. The minimum atomic E-state index is 0.0803. The van der Waals surface area contributed by atoms with Crippen molar-refractivity contribution < 1.29 is 9.47 Å². The molecule has 1 aliphatic heterocycles. The zero-order valence-electron chi connectivity index (χ0n) is 10.2. The summed E-state index contributed by atoms with van der Waals surface area (Å²) < 4.78 is 11.0. The molecule has 4 heteroatoms. The van der Waals surface area contributed by atoms with Crippen molar-refractivity contribution in [1.29, 1.82) is 0 Å². The smallest absolute Gasteiger partial charge is 0.119 e. The molecule has 1 aliphatic rings. The van der Waals surface area contributed by atoms with Gasteiger partial charge in [-0.1, -0.05) is 24.4 Å². The number of thiocarbonyl (C=S) groups is 1. The minimum Gasteiger partial charge on any atom is -0.497 e. The van der Waals surface area contributed by atoms with E-state index in [1.54, 1.807) is 7.11 Å². The molecule has 1 fully saturated rings. The fourth-order valence-electron chi connectivity index (χ4n) is 1.98. The van der Waals surface area contributed by atoms with Crippen LogP contribution in [0.2, 0.25) is 0 Å². The number of rotatable bonds is 2. The molecule has 3 nitrogen and oxygen atoms in total. The number of ether oxygens (including phenoxy) is 2. The lowest BCUT2D eigenvalue weighted by Gasteiger charge is -2.34. The van der Waals surface area contributed by atoms with E-state index in [4.69, 9.17) is 21.7 Å². The lowest BCUT2D eigenvalue weighted by Crippen LogP contribution is -2.40. The van der Waals surface area contributed by atoms with Gasteiger partial charge in [0.1, 0.15) is 11.9 Å². The SMILES string of the molecule is COc1cccc(C2CN(C(C)=S)CCO2)c1. The van der Waals surface area contributed by atoms with E-state index in [9.17, 15) is 0 Å². The first-order valence-corrected chi connectivity index (χ1v) is 6.12. The molecule has 0 bridgehead atoms. The second kappa shape index (κ2) is 5.47. The Hall–Kier alpha value is -1.13. The van der Waals surface area contributed by atoms with E-state index in [1.165, 1.54) is 0 Å². The average molecular weight is 251 g/mol. The van der Waals surface area contributed by atoms with Crippen molar-refractivity contribution in [2.75, 3.05) is 26.8 Å². The first-order chi connectivity index (χ1) is 8.20. The number of benzene rings is 1. The molecule has 0 saturated carbocycles. The van der Waals surface area contributed by atoms with Crippen molar-refractivity contribution in [3.8, 4) is 5.75 Å². The molecule has 0 amide bonds. The standard InChI is InChI=1S/C13H17NO2S/c1-10(17)14-6-7-16-13(9-14)11-4-3-5-12(8-11)15-2/h3-5,8,13H,6-7,9H2,1-2H3. The van der Waals surface area contributed by atoms with Crippen molar-refractivity contribution in [1.82, 2.24) is 4.90 Å². The lowest BCUT2D eigenvalue weighted by molar-refractivity contribution is -0.00637. The zero-order chi connectivity index (χ0) is 12.3. The third-order valence-corrected chi connectivity index (χ3v) is 3.24. The Morgan fingerprint density at radius 2 is 2.35 bits per heavy atom. The molecule has 1 atom stereocenters.